The third-order valence-electron chi connectivity index (χ3n) is 10.3. The molecular weight excluding hydrogens is 757 g/mol. The average Bonchev–Trinajstić information content (AvgIpc) is 4.05. The number of aromatic nitrogens is 4. The van der Waals surface area contributed by atoms with Crippen molar-refractivity contribution in [2.45, 2.75) is 82.7 Å². The molecule has 4 aromatic rings. The Balaban J connectivity index is 1.08. The number of aliphatic hydroxyl groups excluding tert-OH is 1. The van der Waals surface area contributed by atoms with E-state index in [4.69, 9.17) is 4.74 Å². The van der Waals surface area contributed by atoms with Gasteiger partial charge in [0.2, 0.25) is 18.2 Å². The maximum absolute atomic E-state index is 13.5. The number of aromatic amines is 2. The maximum atomic E-state index is 13.5. The van der Waals surface area contributed by atoms with Gasteiger partial charge in [-0.15, -0.1) is 0 Å². The van der Waals surface area contributed by atoms with E-state index in [2.05, 4.69) is 41.8 Å². The molecule has 2 aliphatic rings. The third-order valence-corrected chi connectivity index (χ3v) is 10.3. The zero-order valence-electron chi connectivity index (χ0n) is 32.6. The topological polar surface area (TPSA) is 178 Å². The van der Waals surface area contributed by atoms with Crippen LogP contribution in [0.15, 0.2) is 60.9 Å². The van der Waals surface area contributed by atoms with Crippen LogP contribution >= 0.6 is 0 Å². The highest BCUT2D eigenvalue weighted by atomic mass is 19.4. The van der Waals surface area contributed by atoms with Crippen LogP contribution in [0.3, 0.4) is 0 Å². The van der Waals surface area contributed by atoms with Crippen LogP contribution in [0, 0.1) is 17.8 Å². The van der Waals surface area contributed by atoms with E-state index < -0.39 is 49.1 Å². The Labute approximate surface area is 333 Å². The number of nitrogens with zero attached hydrogens (tertiary/aromatic N) is 4. The normalized spacial score (nSPS) is 18.4. The van der Waals surface area contributed by atoms with Crippen LogP contribution in [0.1, 0.15) is 80.8 Å². The lowest BCUT2D eigenvalue weighted by molar-refractivity contribution is -0.154. The first kappa shape index (κ1) is 41.9. The monoisotopic (exact) mass is 804 g/mol. The Kier molecular flexibility index (Phi) is 13.2. The summed E-state index contributed by atoms with van der Waals surface area (Å²) in [7, 11) is 2.38. The van der Waals surface area contributed by atoms with Gasteiger partial charge in [0.15, 0.2) is 0 Å². The summed E-state index contributed by atoms with van der Waals surface area (Å²) >= 11 is 0. The predicted molar refractivity (Wildman–Crippen MR) is 206 cm³/mol. The molecule has 3 amide bonds. The zero-order valence-corrected chi connectivity index (χ0v) is 32.6. The number of ether oxygens (including phenoxy) is 2. The minimum absolute atomic E-state index is 0.0694. The molecule has 2 aliphatic heterocycles. The molecule has 0 saturated carbocycles. The Hall–Kier alpha value is -5.70. The van der Waals surface area contributed by atoms with E-state index in [0.717, 1.165) is 47.9 Å². The number of carbonyl (C=O) groups excluding carboxylic acids is 3. The Bertz CT molecular complexity index is 2110. The molecule has 5 atom stereocenters. The number of benzene rings is 2. The number of likely N-dealkylation sites (tertiary alicyclic amines) is 2. The largest absolute Gasteiger partial charge is 0.453 e. The van der Waals surface area contributed by atoms with Crippen LogP contribution in [-0.4, -0.2) is 105 Å². The van der Waals surface area contributed by atoms with E-state index in [1.54, 1.807) is 12.4 Å². The molecule has 14 nitrogen and oxygen atoms in total. The highest BCUT2D eigenvalue weighted by Gasteiger charge is 2.42. The Morgan fingerprint density at radius 2 is 1.33 bits per heavy atom. The van der Waals surface area contributed by atoms with Crippen molar-refractivity contribution in [1.82, 2.24) is 40.4 Å². The van der Waals surface area contributed by atoms with Crippen LogP contribution in [0.4, 0.5) is 18.0 Å². The van der Waals surface area contributed by atoms with Gasteiger partial charge in [0.05, 0.1) is 55.4 Å². The van der Waals surface area contributed by atoms with E-state index in [0.29, 0.717) is 36.7 Å². The van der Waals surface area contributed by atoms with Gasteiger partial charge in [-0.05, 0) is 67.0 Å². The van der Waals surface area contributed by atoms with E-state index in [9.17, 15) is 32.7 Å². The van der Waals surface area contributed by atoms with Gasteiger partial charge in [-0.2, -0.15) is 13.2 Å². The number of methoxy groups -OCH3 is 2. The number of H-pyrrole nitrogens is 2. The molecular formula is C41H47F3N8O6. The first-order chi connectivity index (χ1) is 27.7. The highest BCUT2D eigenvalue weighted by molar-refractivity contribution is 5.86. The van der Waals surface area contributed by atoms with Crippen LogP contribution in [-0.2, 0) is 19.1 Å². The van der Waals surface area contributed by atoms with Crippen molar-refractivity contribution in [2.24, 2.45) is 5.92 Å². The Morgan fingerprint density at radius 1 is 0.845 bits per heavy atom. The molecule has 0 aliphatic carbocycles. The number of halogens is 3. The number of imidazole rings is 2. The molecule has 2 fully saturated rings. The molecule has 58 heavy (non-hydrogen) atoms. The summed E-state index contributed by atoms with van der Waals surface area (Å²) in [6, 6.07) is 12.0. The fourth-order valence-corrected chi connectivity index (χ4v) is 7.33. The standard InChI is InChI=1S/C41H47F3N8O6/c1-24(2)34(50-40(56)58-4)38(54)52-20-6-8-33(52)36-46-23-31(48-36)28-17-13-26(14-18-28)10-9-25-11-15-27(16-12-25)30-22-45-35(47-30)32-7-5-19-51(32)37(53)29(21-41(42,43)44)49-39(55)57-3/h11-18,22-24,29,32-34,40,50,56H,5-8,19-21H2,1-4H3,(H,45,47)(H,46,48)(H,49,55). The van der Waals surface area contributed by atoms with Gasteiger partial charge in [0.25, 0.3) is 0 Å². The van der Waals surface area contributed by atoms with Gasteiger partial charge < -0.3 is 39.7 Å². The maximum Gasteiger partial charge on any atom is 0.407 e. The lowest BCUT2D eigenvalue weighted by Crippen LogP contribution is -2.52. The number of nitrogens with one attached hydrogen (secondary N) is 4. The average molecular weight is 805 g/mol. The predicted octanol–water partition coefficient (Wildman–Crippen LogP) is 5.41. The van der Waals surface area contributed by atoms with Gasteiger partial charge in [0.1, 0.15) is 17.7 Å². The molecule has 0 spiro atoms. The summed E-state index contributed by atoms with van der Waals surface area (Å²) in [5.41, 5.74) is 4.77. The first-order valence-electron chi connectivity index (χ1n) is 19.1. The van der Waals surface area contributed by atoms with Crippen molar-refractivity contribution in [3.05, 3.63) is 83.7 Å². The third kappa shape index (κ3) is 10.0. The molecule has 4 heterocycles. The number of rotatable bonds is 12. The molecule has 308 valence electrons. The van der Waals surface area contributed by atoms with E-state index in [-0.39, 0.29) is 24.4 Å². The summed E-state index contributed by atoms with van der Waals surface area (Å²) in [6.07, 6.45) is -2.53. The summed E-state index contributed by atoms with van der Waals surface area (Å²) in [5.74, 6) is 6.46. The lowest BCUT2D eigenvalue weighted by atomic mass is 10.0. The first-order valence-corrected chi connectivity index (χ1v) is 19.1. The highest BCUT2D eigenvalue weighted by Crippen LogP contribution is 2.35. The molecule has 2 aromatic carbocycles. The number of aliphatic hydroxyl groups is 1. The second-order valence-corrected chi connectivity index (χ2v) is 14.6. The minimum Gasteiger partial charge on any atom is -0.453 e. The van der Waals surface area contributed by atoms with Gasteiger partial charge in [-0.25, -0.2) is 14.8 Å². The van der Waals surface area contributed by atoms with E-state index in [1.807, 2.05) is 72.6 Å². The van der Waals surface area contributed by atoms with Crippen LogP contribution in [0.5, 0.6) is 0 Å². The number of alkyl halides is 3. The van der Waals surface area contributed by atoms with Crippen molar-refractivity contribution in [3.8, 4) is 34.4 Å². The Morgan fingerprint density at radius 3 is 1.76 bits per heavy atom. The van der Waals surface area contributed by atoms with Crippen molar-refractivity contribution in [1.29, 1.82) is 0 Å². The second kappa shape index (κ2) is 18.3. The number of hydrogen-bond donors (Lipinski definition) is 5. The fourth-order valence-electron chi connectivity index (χ4n) is 7.33. The number of carbonyl (C=O) groups is 3. The summed E-state index contributed by atoms with van der Waals surface area (Å²) < 4.78 is 49.2. The van der Waals surface area contributed by atoms with Crippen LogP contribution in [0.2, 0.25) is 0 Å². The van der Waals surface area contributed by atoms with Gasteiger partial charge in [-0.1, -0.05) is 50.0 Å². The molecule has 6 rings (SSSR count). The molecule has 0 radical (unpaired) electrons. The summed E-state index contributed by atoms with van der Waals surface area (Å²) in [5, 5.41) is 14.9. The van der Waals surface area contributed by atoms with Crippen molar-refractivity contribution < 1.29 is 42.1 Å². The number of hydrogen-bond acceptors (Lipinski definition) is 9. The molecule has 2 aromatic heterocycles. The SMILES string of the molecule is COC(=O)NC(CC(F)(F)F)C(=O)N1CCCC1c1ncc(-c2ccc(C#Cc3ccc(-c4cnc(C5CCCN5C(=O)C(NC(O)OC)C(C)C)[nH]4)cc3)cc2)[nH]1. The van der Waals surface area contributed by atoms with Gasteiger partial charge in [0, 0.05) is 31.3 Å². The summed E-state index contributed by atoms with van der Waals surface area (Å²) in [6.45, 7) is 4.65. The van der Waals surface area contributed by atoms with Crippen molar-refractivity contribution in [2.75, 3.05) is 27.3 Å². The smallest absolute Gasteiger partial charge is 0.407 e. The van der Waals surface area contributed by atoms with E-state index in [1.165, 1.54) is 12.0 Å². The van der Waals surface area contributed by atoms with Crippen molar-refractivity contribution in [3.63, 3.8) is 0 Å². The molecule has 0 bridgehead atoms. The molecule has 5 N–H and O–H groups in total. The van der Waals surface area contributed by atoms with E-state index >= 15 is 0 Å². The molecule has 5 unspecified atom stereocenters. The summed E-state index contributed by atoms with van der Waals surface area (Å²) in [4.78, 5) is 57.3. The van der Waals surface area contributed by atoms with Crippen LogP contribution in [0.25, 0.3) is 22.5 Å². The lowest BCUT2D eigenvalue weighted by Gasteiger charge is -2.31. The quantitative estimate of drug-likeness (QED) is 0.0926. The van der Waals surface area contributed by atoms with Gasteiger partial charge in [-0.3, -0.25) is 14.9 Å². The second-order valence-electron chi connectivity index (χ2n) is 14.6. The van der Waals surface area contributed by atoms with Crippen LogP contribution < -0.4 is 10.6 Å². The number of alkyl carbamates (subject to hydrolysis) is 1. The molecule has 17 heteroatoms. The van der Waals surface area contributed by atoms with Crippen molar-refractivity contribution >= 4 is 17.9 Å². The minimum atomic E-state index is -4.68. The molecule has 2 saturated heterocycles. The van der Waals surface area contributed by atoms with Gasteiger partial charge >= 0.3 is 12.3 Å². The number of amides is 3. The fraction of sp³-hybridized carbons (Fsp3) is 0.439. The zero-order chi connectivity index (χ0) is 41.6.